The summed E-state index contributed by atoms with van der Waals surface area (Å²) in [6.07, 6.45) is 12.7. The first kappa shape index (κ1) is 18.9. The Morgan fingerprint density at radius 3 is 1.00 bits per heavy atom. The normalized spacial score (nSPS) is 11.7. The summed E-state index contributed by atoms with van der Waals surface area (Å²) in [6.45, 7) is 11.3. The minimum Gasteiger partial charge on any atom is -0.315 e. The van der Waals surface area contributed by atoms with E-state index in [1.165, 1.54) is 70.9 Å². The second-order valence-electron chi connectivity index (χ2n) is 6.40. The molecule has 2 heteroatoms. The first-order valence-electron chi connectivity index (χ1n) is 8.59. The van der Waals surface area contributed by atoms with Crippen molar-refractivity contribution in [2.75, 3.05) is 13.1 Å². The molecule has 0 aliphatic heterocycles. The van der Waals surface area contributed by atoms with Gasteiger partial charge in [-0.3, -0.25) is 0 Å². The quantitative estimate of drug-likeness (QED) is 0.454. The third-order valence-corrected chi connectivity index (χ3v) is 3.46. The SMILES string of the molecule is CC(C)NCCCCCCCCCCCNC(C)C. The third-order valence-electron chi connectivity index (χ3n) is 3.46. The lowest BCUT2D eigenvalue weighted by atomic mass is 10.1. The summed E-state index contributed by atoms with van der Waals surface area (Å²) in [4.78, 5) is 0. The first-order chi connectivity index (χ1) is 9.13. The lowest BCUT2D eigenvalue weighted by molar-refractivity contribution is 0.513. The Labute approximate surface area is 122 Å². The zero-order valence-corrected chi connectivity index (χ0v) is 13.9. The molecule has 0 amide bonds. The minimum absolute atomic E-state index is 0.644. The Hall–Kier alpha value is -0.0800. The van der Waals surface area contributed by atoms with Crippen LogP contribution in [0.2, 0.25) is 0 Å². The average molecular weight is 271 g/mol. The largest absolute Gasteiger partial charge is 0.315 e. The minimum atomic E-state index is 0.644. The number of hydrogen-bond acceptors (Lipinski definition) is 2. The monoisotopic (exact) mass is 270 g/mol. The third kappa shape index (κ3) is 17.9. The fraction of sp³-hybridized carbons (Fsp3) is 1.00. The fourth-order valence-corrected chi connectivity index (χ4v) is 2.27. The van der Waals surface area contributed by atoms with E-state index in [-0.39, 0.29) is 0 Å². The van der Waals surface area contributed by atoms with E-state index in [4.69, 9.17) is 0 Å². The molecular formula is C17H38N2. The maximum atomic E-state index is 3.48. The maximum Gasteiger partial charge on any atom is 0.00103 e. The van der Waals surface area contributed by atoms with Crippen LogP contribution in [0.5, 0.6) is 0 Å². The van der Waals surface area contributed by atoms with E-state index in [0.29, 0.717) is 12.1 Å². The van der Waals surface area contributed by atoms with E-state index in [2.05, 4.69) is 38.3 Å². The molecule has 0 fully saturated rings. The van der Waals surface area contributed by atoms with E-state index in [1.54, 1.807) is 0 Å². The second-order valence-corrected chi connectivity index (χ2v) is 6.40. The summed E-state index contributed by atoms with van der Waals surface area (Å²) in [5, 5.41) is 6.96. The van der Waals surface area contributed by atoms with Gasteiger partial charge in [0.25, 0.3) is 0 Å². The van der Waals surface area contributed by atoms with Crippen LogP contribution in [0.25, 0.3) is 0 Å². The van der Waals surface area contributed by atoms with Gasteiger partial charge in [-0.1, -0.05) is 72.6 Å². The molecule has 0 heterocycles. The fourth-order valence-electron chi connectivity index (χ4n) is 2.27. The topological polar surface area (TPSA) is 24.1 Å². The summed E-state index contributed by atoms with van der Waals surface area (Å²) in [7, 11) is 0. The van der Waals surface area contributed by atoms with Crippen molar-refractivity contribution in [3.63, 3.8) is 0 Å². The lowest BCUT2D eigenvalue weighted by Gasteiger charge is -2.08. The van der Waals surface area contributed by atoms with Crippen molar-refractivity contribution in [2.24, 2.45) is 0 Å². The van der Waals surface area contributed by atoms with Crippen LogP contribution in [-0.4, -0.2) is 25.2 Å². The molecule has 0 aromatic heterocycles. The Morgan fingerprint density at radius 2 is 0.737 bits per heavy atom. The Morgan fingerprint density at radius 1 is 0.474 bits per heavy atom. The molecule has 0 aliphatic rings. The van der Waals surface area contributed by atoms with Crippen LogP contribution >= 0.6 is 0 Å². The highest BCUT2D eigenvalue weighted by Crippen LogP contribution is 2.09. The van der Waals surface area contributed by atoms with Crippen LogP contribution in [-0.2, 0) is 0 Å². The van der Waals surface area contributed by atoms with E-state index < -0.39 is 0 Å². The van der Waals surface area contributed by atoms with Crippen molar-refractivity contribution in [1.82, 2.24) is 10.6 Å². The molecule has 0 saturated carbocycles. The molecule has 116 valence electrons. The van der Waals surface area contributed by atoms with E-state index in [0.717, 1.165) is 0 Å². The smallest absolute Gasteiger partial charge is 0.00103 e. The number of unbranched alkanes of at least 4 members (excludes halogenated alkanes) is 8. The van der Waals surface area contributed by atoms with Crippen molar-refractivity contribution in [1.29, 1.82) is 0 Å². The molecule has 2 nitrogen and oxygen atoms in total. The van der Waals surface area contributed by atoms with Gasteiger partial charge in [0.2, 0.25) is 0 Å². The molecule has 0 radical (unpaired) electrons. The standard InChI is InChI=1S/C17H38N2/c1-16(2)18-14-12-10-8-6-5-7-9-11-13-15-19-17(3)4/h16-19H,5-15H2,1-4H3. The lowest BCUT2D eigenvalue weighted by Crippen LogP contribution is -2.23. The predicted molar refractivity (Wildman–Crippen MR) is 87.8 cm³/mol. The number of rotatable bonds is 14. The number of hydrogen-bond donors (Lipinski definition) is 2. The van der Waals surface area contributed by atoms with Gasteiger partial charge in [0.05, 0.1) is 0 Å². The highest BCUT2D eigenvalue weighted by Gasteiger charge is 1.95. The van der Waals surface area contributed by atoms with Crippen LogP contribution in [0, 0.1) is 0 Å². The Kier molecular flexibility index (Phi) is 14.3. The van der Waals surface area contributed by atoms with Gasteiger partial charge >= 0.3 is 0 Å². The van der Waals surface area contributed by atoms with E-state index >= 15 is 0 Å². The summed E-state index contributed by atoms with van der Waals surface area (Å²) >= 11 is 0. The molecule has 19 heavy (non-hydrogen) atoms. The van der Waals surface area contributed by atoms with Gasteiger partial charge in [0, 0.05) is 12.1 Å². The van der Waals surface area contributed by atoms with Crippen molar-refractivity contribution >= 4 is 0 Å². The molecule has 0 aliphatic carbocycles. The molecule has 0 bridgehead atoms. The van der Waals surface area contributed by atoms with Gasteiger partial charge < -0.3 is 10.6 Å². The van der Waals surface area contributed by atoms with Crippen molar-refractivity contribution in [3.05, 3.63) is 0 Å². The second kappa shape index (κ2) is 14.3. The zero-order chi connectivity index (χ0) is 14.3. The molecule has 0 saturated heterocycles. The molecule has 2 N–H and O–H groups in total. The van der Waals surface area contributed by atoms with Gasteiger partial charge in [-0.25, -0.2) is 0 Å². The van der Waals surface area contributed by atoms with Crippen molar-refractivity contribution in [3.8, 4) is 0 Å². The molecule has 0 spiro atoms. The van der Waals surface area contributed by atoms with Gasteiger partial charge in [-0.15, -0.1) is 0 Å². The number of nitrogens with one attached hydrogen (secondary N) is 2. The summed E-state index contributed by atoms with van der Waals surface area (Å²) in [6, 6.07) is 1.29. The molecule has 0 rings (SSSR count). The van der Waals surface area contributed by atoms with Gasteiger partial charge in [-0.2, -0.15) is 0 Å². The van der Waals surface area contributed by atoms with Crippen LogP contribution in [0.3, 0.4) is 0 Å². The maximum absolute atomic E-state index is 3.48. The van der Waals surface area contributed by atoms with E-state index in [1.807, 2.05) is 0 Å². The van der Waals surface area contributed by atoms with Crippen LogP contribution in [0.15, 0.2) is 0 Å². The van der Waals surface area contributed by atoms with E-state index in [9.17, 15) is 0 Å². The van der Waals surface area contributed by atoms with Gasteiger partial charge in [0.15, 0.2) is 0 Å². The Bertz CT molecular complexity index is 149. The molecule has 0 aromatic carbocycles. The summed E-state index contributed by atoms with van der Waals surface area (Å²) in [5.41, 5.74) is 0. The van der Waals surface area contributed by atoms with Crippen LogP contribution < -0.4 is 10.6 Å². The van der Waals surface area contributed by atoms with Crippen molar-refractivity contribution in [2.45, 2.75) is 97.6 Å². The first-order valence-corrected chi connectivity index (χ1v) is 8.59. The molecule has 0 unspecified atom stereocenters. The summed E-state index contributed by atoms with van der Waals surface area (Å²) in [5.74, 6) is 0. The van der Waals surface area contributed by atoms with Gasteiger partial charge in [-0.05, 0) is 25.9 Å². The predicted octanol–water partition coefficient (Wildman–Crippen LogP) is 4.49. The average Bonchev–Trinajstić information content (AvgIpc) is 2.34. The summed E-state index contributed by atoms with van der Waals surface area (Å²) < 4.78 is 0. The highest BCUT2D eigenvalue weighted by molar-refractivity contribution is 4.55. The van der Waals surface area contributed by atoms with Gasteiger partial charge in [0.1, 0.15) is 0 Å². The Balaban J connectivity index is 2.95. The molecule has 0 aromatic rings. The zero-order valence-electron chi connectivity index (χ0n) is 13.9. The highest BCUT2D eigenvalue weighted by atomic mass is 14.9. The van der Waals surface area contributed by atoms with Crippen molar-refractivity contribution < 1.29 is 0 Å². The molecular weight excluding hydrogens is 232 g/mol. The van der Waals surface area contributed by atoms with Crippen LogP contribution in [0.1, 0.15) is 85.5 Å². The molecule has 0 atom stereocenters. The van der Waals surface area contributed by atoms with Crippen LogP contribution in [0.4, 0.5) is 0 Å².